The van der Waals surface area contributed by atoms with Gasteiger partial charge >= 0.3 is 0 Å². The third kappa shape index (κ3) is 4.63. The highest BCUT2D eigenvalue weighted by molar-refractivity contribution is 7.09. The summed E-state index contributed by atoms with van der Waals surface area (Å²) < 4.78 is 5.13. The summed E-state index contributed by atoms with van der Waals surface area (Å²) in [5.41, 5.74) is 2.05. The van der Waals surface area contributed by atoms with Crippen molar-refractivity contribution in [1.82, 2.24) is 15.3 Å². The van der Waals surface area contributed by atoms with Gasteiger partial charge in [0.25, 0.3) is 0 Å². The molecule has 3 aromatic heterocycles. The van der Waals surface area contributed by atoms with Gasteiger partial charge < -0.3 is 9.73 Å². The highest BCUT2D eigenvalue weighted by Crippen LogP contribution is 2.21. The molecule has 0 unspecified atom stereocenters. The van der Waals surface area contributed by atoms with Crippen LogP contribution >= 0.6 is 11.3 Å². The van der Waals surface area contributed by atoms with E-state index in [1.54, 1.807) is 48.2 Å². The van der Waals surface area contributed by atoms with Gasteiger partial charge in [-0.1, -0.05) is 0 Å². The smallest absolute Gasteiger partial charge is 0.244 e. The summed E-state index contributed by atoms with van der Waals surface area (Å²) in [7, 11) is 0. The second-order valence-electron chi connectivity index (χ2n) is 5.11. The monoisotopic (exact) mass is 339 g/mol. The van der Waals surface area contributed by atoms with E-state index in [0.29, 0.717) is 12.3 Å². The summed E-state index contributed by atoms with van der Waals surface area (Å²) in [4.78, 5) is 20.3. The van der Waals surface area contributed by atoms with Crippen molar-refractivity contribution < 1.29 is 9.21 Å². The Morgan fingerprint density at radius 1 is 1.29 bits per heavy atom. The molecule has 3 aromatic rings. The van der Waals surface area contributed by atoms with Crippen LogP contribution in [0.5, 0.6) is 0 Å². The normalized spacial score (nSPS) is 11.0. The van der Waals surface area contributed by atoms with Gasteiger partial charge in [0.1, 0.15) is 5.76 Å². The first kappa shape index (κ1) is 16.1. The van der Waals surface area contributed by atoms with Crippen LogP contribution in [0.15, 0.2) is 58.8 Å². The second-order valence-corrected chi connectivity index (χ2v) is 6.05. The summed E-state index contributed by atoms with van der Waals surface area (Å²) in [6, 6.07) is 7.48. The van der Waals surface area contributed by atoms with Crippen molar-refractivity contribution in [2.45, 2.75) is 12.8 Å². The number of pyridine rings is 1. The van der Waals surface area contributed by atoms with E-state index in [1.165, 1.54) is 6.08 Å². The van der Waals surface area contributed by atoms with E-state index in [0.717, 1.165) is 29.1 Å². The molecule has 3 heterocycles. The molecule has 0 atom stereocenters. The number of rotatable bonds is 7. The number of aromatic nitrogens is 2. The van der Waals surface area contributed by atoms with Gasteiger partial charge in [-0.15, -0.1) is 11.3 Å². The van der Waals surface area contributed by atoms with Crippen LogP contribution in [-0.4, -0.2) is 22.4 Å². The Balaban J connectivity index is 1.41. The van der Waals surface area contributed by atoms with Crippen LogP contribution in [0.1, 0.15) is 17.2 Å². The van der Waals surface area contributed by atoms with E-state index in [1.807, 2.05) is 12.1 Å². The van der Waals surface area contributed by atoms with Crippen LogP contribution in [0.25, 0.3) is 17.3 Å². The lowest BCUT2D eigenvalue weighted by Crippen LogP contribution is -2.22. The molecule has 122 valence electrons. The van der Waals surface area contributed by atoms with E-state index >= 15 is 0 Å². The van der Waals surface area contributed by atoms with Gasteiger partial charge in [0.2, 0.25) is 5.91 Å². The molecule has 0 aliphatic carbocycles. The maximum Gasteiger partial charge on any atom is 0.244 e. The van der Waals surface area contributed by atoms with Gasteiger partial charge in [0.05, 0.1) is 17.0 Å². The van der Waals surface area contributed by atoms with Crippen molar-refractivity contribution in [2.75, 3.05) is 6.54 Å². The van der Waals surface area contributed by atoms with E-state index < -0.39 is 0 Å². The molecule has 6 heteroatoms. The summed E-state index contributed by atoms with van der Waals surface area (Å²) in [5, 5.41) is 5.98. The van der Waals surface area contributed by atoms with Crippen LogP contribution in [0.3, 0.4) is 0 Å². The maximum absolute atomic E-state index is 11.7. The Labute approximate surface area is 144 Å². The quantitative estimate of drug-likeness (QED) is 0.528. The van der Waals surface area contributed by atoms with Crippen LogP contribution < -0.4 is 5.32 Å². The molecule has 0 aliphatic heterocycles. The van der Waals surface area contributed by atoms with Crippen LogP contribution in [-0.2, 0) is 11.2 Å². The van der Waals surface area contributed by atoms with Crippen LogP contribution in [0.4, 0.5) is 0 Å². The molecule has 0 radical (unpaired) electrons. The van der Waals surface area contributed by atoms with Crippen molar-refractivity contribution in [1.29, 1.82) is 0 Å². The minimum atomic E-state index is -0.122. The molecular formula is C18H17N3O2S. The first-order valence-corrected chi connectivity index (χ1v) is 8.53. The maximum atomic E-state index is 11.7. The average Bonchev–Trinajstić information content (AvgIpc) is 3.29. The molecule has 0 fully saturated rings. The first-order valence-electron chi connectivity index (χ1n) is 7.65. The number of amides is 1. The van der Waals surface area contributed by atoms with Crippen molar-refractivity contribution in [2.24, 2.45) is 0 Å². The van der Waals surface area contributed by atoms with Crippen molar-refractivity contribution >= 4 is 23.3 Å². The fourth-order valence-electron chi connectivity index (χ4n) is 2.14. The topological polar surface area (TPSA) is 68.0 Å². The Morgan fingerprint density at radius 3 is 2.96 bits per heavy atom. The van der Waals surface area contributed by atoms with Gasteiger partial charge in [-0.05, 0) is 36.8 Å². The molecule has 5 nitrogen and oxygen atoms in total. The number of hydrogen-bond donors (Lipinski definition) is 1. The van der Waals surface area contributed by atoms with Crippen molar-refractivity contribution in [3.63, 3.8) is 0 Å². The van der Waals surface area contributed by atoms with Crippen molar-refractivity contribution in [3.05, 3.63) is 65.1 Å². The predicted molar refractivity (Wildman–Crippen MR) is 94.4 cm³/mol. The Kier molecular flexibility index (Phi) is 5.52. The zero-order valence-corrected chi connectivity index (χ0v) is 13.8. The molecule has 1 amide bonds. The first-order chi connectivity index (χ1) is 11.8. The van der Waals surface area contributed by atoms with E-state index in [2.05, 4.69) is 20.7 Å². The molecule has 24 heavy (non-hydrogen) atoms. The van der Waals surface area contributed by atoms with Gasteiger partial charge in [-0.25, -0.2) is 4.98 Å². The number of aryl methyl sites for hydroxylation is 1. The Hall–Kier alpha value is -2.73. The fourth-order valence-corrected chi connectivity index (χ4v) is 2.98. The number of nitrogens with zero attached hydrogens (tertiary/aromatic N) is 2. The number of furan rings is 1. The zero-order valence-electron chi connectivity index (χ0n) is 13.0. The SMILES string of the molecule is O=C(C=Cc1ccco1)NCCCc1nc(-c2ccncc2)cs1. The minimum absolute atomic E-state index is 0.122. The Morgan fingerprint density at radius 2 is 2.17 bits per heavy atom. The molecule has 0 aliphatic rings. The average molecular weight is 339 g/mol. The summed E-state index contributed by atoms with van der Waals surface area (Å²) >= 11 is 1.64. The van der Waals surface area contributed by atoms with Gasteiger partial charge in [-0.2, -0.15) is 0 Å². The second kappa shape index (κ2) is 8.21. The highest BCUT2D eigenvalue weighted by atomic mass is 32.1. The molecule has 0 saturated heterocycles. The highest BCUT2D eigenvalue weighted by Gasteiger charge is 2.04. The van der Waals surface area contributed by atoms with Crippen LogP contribution in [0.2, 0.25) is 0 Å². The summed E-state index contributed by atoms with van der Waals surface area (Å²) in [5.74, 6) is 0.541. The molecule has 0 bridgehead atoms. The van der Waals surface area contributed by atoms with E-state index in [-0.39, 0.29) is 5.91 Å². The zero-order chi connectivity index (χ0) is 16.6. The largest absolute Gasteiger partial charge is 0.465 e. The number of carbonyl (C=O) groups is 1. The number of thiazole rings is 1. The lowest BCUT2D eigenvalue weighted by atomic mass is 10.2. The molecule has 1 N–H and O–H groups in total. The van der Waals surface area contributed by atoms with Crippen molar-refractivity contribution in [3.8, 4) is 11.3 Å². The Bertz CT molecular complexity index is 795. The van der Waals surface area contributed by atoms with Gasteiger partial charge in [0, 0.05) is 42.4 Å². The van der Waals surface area contributed by atoms with Gasteiger partial charge in [0.15, 0.2) is 0 Å². The van der Waals surface area contributed by atoms with E-state index in [9.17, 15) is 4.79 Å². The molecule has 0 spiro atoms. The standard InChI is InChI=1S/C18H17N3O2S/c22-17(6-5-15-3-2-12-23-15)20-9-1-4-18-21-16(13-24-18)14-7-10-19-11-8-14/h2-3,5-8,10-13H,1,4,9H2,(H,20,22). The lowest BCUT2D eigenvalue weighted by Gasteiger charge is -2.00. The van der Waals surface area contributed by atoms with E-state index in [4.69, 9.17) is 4.42 Å². The minimum Gasteiger partial charge on any atom is -0.465 e. The summed E-state index contributed by atoms with van der Waals surface area (Å²) in [6.45, 7) is 0.617. The summed E-state index contributed by atoms with van der Waals surface area (Å²) in [6.07, 6.45) is 9.93. The molecule has 0 saturated carbocycles. The number of hydrogen-bond acceptors (Lipinski definition) is 5. The number of nitrogens with one attached hydrogen (secondary N) is 1. The van der Waals surface area contributed by atoms with Gasteiger partial charge in [-0.3, -0.25) is 9.78 Å². The molecular weight excluding hydrogens is 322 g/mol. The number of carbonyl (C=O) groups excluding carboxylic acids is 1. The molecule has 0 aromatic carbocycles. The third-order valence-electron chi connectivity index (χ3n) is 3.34. The third-order valence-corrected chi connectivity index (χ3v) is 4.25. The predicted octanol–water partition coefficient (Wildman–Crippen LogP) is 3.56. The van der Waals surface area contributed by atoms with Crippen LogP contribution in [0, 0.1) is 0 Å². The molecule has 3 rings (SSSR count). The fraction of sp³-hybridized carbons (Fsp3) is 0.167. The lowest BCUT2D eigenvalue weighted by molar-refractivity contribution is -0.116.